The molecule has 0 atom stereocenters. The molecule has 0 amide bonds. The van der Waals surface area contributed by atoms with Gasteiger partial charge in [-0.1, -0.05) is 0 Å². The fourth-order valence-electron chi connectivity index (χ4n) is 4.27. The Hall–Kier alpha value is -3.97. The predicted molar refractivity (Wildman–Crippen MR) is 141 cm³/mol. The Morgan fingerprint density at radius 1 is 0.714 bits per heavy atom. The normalized spacial score (nSPS) is 11.0. The predicted octanol–water partition coefficient (Wildman–Crippen LogP) is 6.76. The first-order valence-electron chi connectivity index (χ1n) is 11.1. The number of rotatable bonds is 7. The van der Waals surface area contributed by atoms with Crippen molar-refractivity contribution in [1.29, 1.82) is 0 Å². The molecule has 5 aromatic rings. The number of aryl methyl sites for hydroxylation is 1. The lowest BCUT2D eigenvalue weighted by atomic mass is 10.1. The highest BCUT2D eigenvalue weighted by molar-refractivity contribution is 7.22. The minimum Gasteiger partial charge on any atom is -0.497 e. The molecular weight excluding hydrogens is 460 g/mol. The van der Waals surface area contributed by atoms with Gasteiger partial charge in [-0.05, 0) is 73.2 Å². The van der Waals surface area contributed by atoms with E-state index in [-0.39, 0.29) is 0 Å². The second-order valence-corrected chi connectivity index (χ2v) is 8.98. The van der Waals surface area contributed by atoms with Crippen LogP contribution in [0.5, 0.6) is 23.0 Å². The van der Waals surface area contributed by atoms with Crippen LogP contribution in [-0.4, -0.2) is 38.0 Å². The Kier molecular flexibility index (Phi) is 6.09. The molecule has 178 valence electrons. The number of fused-ring (bicyclic) bond motifs is 1. The van der Waals surface area contributed by atoms with Crippen LogP contribution >= 0.6 is 11.3 Å². The molecule has 0 aliphatic heterocycles. The van der Waals surface area contributed by atoms with E-state index < -0.39 is 0 Å². The molecule has 0 bridgehead atoms. The van der Waals surface area contributed by atoms with Gasteiger partial charge < -0.3 is 23.5 Å². The van der Waals surface area contributed by atoms with E-state index in [0.29, 0.717) is 17.2 Å². The Labute approximate surface area is 208 Å². The lowest BCUT2D eigenvalue weighted by Crippen LogP contribution is -1.99. The molecule has 3 aromatic carbocycles. The molecule has 2 aromatic heterocycles. The Morgan fingerprint density at radius 2 is 1.40 bits per heavy atom. The maximum absolute atomic E-state index is 5.65. The molecule has 7 heteroatoms. The van der Waals surface area contributed by atoms with Crippen molar-refractivity contribution in [2.75, 3.05) is 28.4 Å². The van der Waals surface area contributed by atoms with Gasteiger partial charge in [0, 0.05) is 23.0 Å². The highest BCUT2D eigenvalue weighted by Crippen LogP contribution is 2.47. The van der Waals surface area contributed by atoms with Crippen molar-refractivity contribution in [3.05, 3.63) is 72.4 Å². The van der Waals surface area contributed by atoms with Gasteiger partial charge in [-0.25, -0.2) is 4.98 Å². The van der Waals surface area contributed by atoms with Crippen LogP contribution in [0.2, 0.25) is 0 Å². The minimum absolute atomic E-state index is 0.571. The summed E-state index contributed by atoms with van der Waals surface area (Å²) in [5, 5.41) is 0.903. The Morgan fingerprint density at radius 3 is 2.03 bits per heavy atom. The number of ether oxygens (including phenoxy) is 4. The minimum atomic E-state index is 0.571. The average molecular weight is 487 g/mol. The van der Waals surface area contributed by atoms with Crippen LogP contribution in [0.3, 0.4) is 0 Å². The van der Waals surface area contributed by atoms with Crippen LogP contribution < -0.4 is 18.9 Å². The van der Waals surface area contributed by atoms with Gasteiger partial charge in [-0.15, -0.1) is 11.3 Å². The van der Waals surface area contributed by atoms with E-state index in [1.165, 1.54) is 0 Å². The van der Waals surface area contributed by atoms with E-state index in [1.807, 2.05) is 18.2 Å². The number of thiazole rings is 1. The molecular formula is C28H26N2O4S. The number of hydrogen-bond donors (Lipinski definition) is 0. The Balaban J connectivity index is 1.53. The third-order valence-electron chi connectivity index (χ3n) is 6.02. The highest BCUT2D eigenvalue weighted by atomic mass is 32.1. The molecule has 0 saturated heterocycles. The Bertz CT molecular complexity index is 1480. The molecule has 0 aliphatic carbocycles. The van der Waals surface area contributed by atoms with Crippen molar-refractivity contribution in [2.24, 2.45) is 0 Å². The fraction of sp³-hybridized carbons (Fsp3) is 0.179. The topological polar surface area (TPSA) is 54.7 Å². The van der Waals surface area contributed by atoms with Gasteiger partial charge in [-0.2, -0.15) is 0 Å². The van der Waals surface area contributed by atoms with Crippen molar-refractivity contribution in [3.8, 4) is 50.5 Å². The molecule has 0 radical (unpaired) electrons. The van der Waals surface area contributed by atoms with E-state index in [4.69, 9.17) is 23.9 Å². The van der Waals surface area contributed by atoms with Crippen LogP contribution in [-0.2, 0) is 0 Å². The second kappa shape index (κ2) is 9.35. The quantitative estimate of drug-likeness (QED) is 0.254. The molecule has 0 aliphatic rings. The first-order chi connectivity index (χ1) is 17.1. The molecule has 0 saturated carbocycles. The molecule has 0 fully saturated rings. The fourth-order valence-corrected chi connectivity index (χ4v) is 5.34. The molecule has 2 heterocycles. The zero-order valence-electron chi connectivity index (χ0n) is 20.3. The zero-order chi connectivity index (χ0) is 24.5. The highest BCUT2D eigenvalue weighted by Gasteiger charge is 2.20. The first-order valence-corrected chi connectivity index (χ1v) is 11.9. The lowest BCUT2D eigenvalue weighted by molar-refractivity contribution is 0.327. The summed E-state index contributed by atoms with van der Waals surface area (Å²) in [6, 6.07) is 22.7. The number of benzene rings is 3. The van der Waals surface area contributed by atoms with Crippen molar-refractivity contribution in [2.45, 2.75) is 6.92 Å². The molecule has 6 nitrogen and oxygen atoms in total. The molecule has 0 unspecified atom stereocenters. The van der Waals surface area contributed by atoms with Gasteiger partial charge in [0.1, 0.15) is 15.5 Å². The van der Waals surface area contributed by atoms with E-state index >= 15 is 0 Å². The van der Waals surface area contributed by atoms with Crippen molar-refractivity contribution in [3.63, 3.8) is 0 Å². The lowest BCUT2D eigenvalue weighted by Gasteiger charge is -2.13. The third kappa shape index (κ3) is 3.98. The van der Waals surface area contributed by atoms with Crippen LogP contribution in [0.15, 0.2) is 66.7 Å². The van der Waals surface area contributed by atoms with Gasteiger partial charge >= 0.3 is 0 Å². The standard InChI is InChI=1S/C28H26N2O4S/c1-17-6-15-23(18-9-13-21(31-2)14-10-18)30(17)20-11-7-19(8-12-20)28-29-22-16-24(32-3)25(33-4)26(34-5)27(22)35-28/h6-16H,1-5H3. The van der Waals surface area contributed by atoms with E-state index in [0.717, 1.165) is 49.2 Å². The summed E-state index contributed by atoms with van der Waals surface area (Å²) in [6.07, 6.45) is 0. The second-order valence-electron chi connectivity index (χ2n) is 7.98. The SMILES string of the molecule is COc1ccc(-c2ccc(C)n2-c2ccc(-c3nc4cc(OC)c(OC)c(OC)c4s3)cc2)cc1. The van der Waals surface area contributed by atoms with Gasteiger partial charge in [-0.3, -0.25) is 0 Å². The molecule has 35 heavy (non-hydrogen) atoms. The van der Waals surface area contributed by atoms with Gasteiger partial charge in [0.25, 0.3) is 0 Å². The summed E-state index contributed by atoms with van der Waals surface area (Å²) in [5.74, 6) is 2.64. The average Bonchev–Trinajstić information content (AvgIpc) is 3.51. The van der Waals surface area contributed by atoms with E-state index in [1.54, 1.807) is 39.8 Å². The van der Waals surface area contributed by atoms with Crippen molar-refractivity contribution < 1.29 is 18.9 Å². The van der Waals surface area contributed by atoms with Crippen molar-refractivity contribution in [1.82, 2.24) is 9.55 Å². The van der Waals surface area contributed by atoms with E-state index in [2.05, 4.69) is 60.0 Å². The third-order valence-corrected chi connectivity index (χ3v) is 7.14. The smallest absolute Gasteiger partial charge is 0.204 e. The largest absolute Gasteiger partial charge is 0.497 e. The van der Waals surface area contributed by atoms with Crippen molar-refractivity contribution >= 4 is 21.6 Å². The molecule has 5 rings (SSSR count). The van der Waals surface area contributed by atoms with Gasteiger partial charge in [0.2, 0.25) is 5.75 Å². The van der Waals surface area contributed by atoms with Crippen LogP contribution in [0.1, 0.15) is 5.69 Å². The van der Waals surface area contributed by atoms with Gasteiger partial charge in [0.05, 0.1) is 39.6 Å². The maximum atomic E-state index is 5.65. The summed E-state index contributed by atoms with van der Waals surface area (Å²) >= 11 is 1.57. The monoisotopic (exact) mass is 486 g/mol. The summed E-state index contributed by atoms with van der Waals surface area (Å²) in [6.45, 7) is 2.11. The molecule has 0 N–H and O–H groups in total. The van der Waals surface area contributed by atoms with Gasteiger partial charge in [0.15, 0.2) is 11.5 Å². The van der Waals surface area contributed by atoms with Crippen LogP contribution in [0.25, 0.3) is 37.7 Å². The van der Waals surface area contributed by atoms with E-state index in [9.17, 15) is 0 Å². The first kappa shape index (κ1) is 22.8. The van der Waals surface area contributed by atoms with Crippen LogP contribution in [0.4, 0.5) is 0 Å². The number of aromatic nitrogens is 2. The summed E-state index contributed by atoms with van der Waals surface area (Å²) < 4.78 is 25.1. The number of hydrogen-bond acceptors (Lipinski definition) is 6. The number of nitrogens with zero attached hydrogens (tertiary/aromatic N) is 2. The summed E-state index contributed by atoms with van der Waals surface area (Å²) in [5.41, 5.74) is 6.35. The summed E-state index contributed by atoms with van der Waals surface area (Å²) in [7, 11) is 6.53. The van der Waals surface area contributed by atoms with Crippen LogP contribution in [0, 0.1) is 6.92 Å². The maximum Gasteiger partial charge on any atom is 0.204 e. The zero-order valence-corrected chi connectivity index (χ0v) is 21.1. The molecule has 0 spiro atoms. The number of methoxy groups -OCH3 is 4. The summed E-state index contributed by atoms with van der Waals surface area (Å²) in [4.78, 5) is 4.85.